The Morgan fingerprint density at radius 1 is 1.20 bits per heavy atom. The fourth-order valence-electron chi connectivity index (χ4n) is 3.66. The Kier molecular flexibility index (Phi) is 9.70. The second-order valence-electron chi connectivity index (χ2n) is 8.26. The summed E-state index contributed by atoms with van der Waals surface area (Å²) in [6.45, 7) is 0.649. The number of nitrogen functional groups attached to an aromatic ring is 1. The van der Waals surface area contributed by atoms with Gasteiger partial charge in [0.2, 0.25) is 5.28 Å². The van der Waals surface area contributed by atoms with Crippen molar-refractivity contribution >= 4 is 40.5 Å². The molecule has 0 aliphatic rings. The predicted molar refractivity (Wildman–Crippen MR) is 130 cm³/mol. The first kappa shape index (κ1) is 30.8. The Morgan fingerprint density at radius 2 is 1.88 bits per heavy atom. The molecule has 0 aliphatic carbocycles. The average Bonchev–Trinajstić information content (AvgIpc) is 3.30. The molecule has 3 N–H and O–H groups in total. The Balaban J connectivity index is 1.81. The van der Waals surface area contributed by atoms with Crippen LogP contribution in [0.3, 0.4) is 0 Å². The molecule has 0 spiro atoms. The van der Waals surface area contributed by atoms with Gasteiger partial charge < -0.3 is 29.8 Å². The van der Waals surface area contributed by atoms with Crippen LogP contribution in [0.2, 0.25) is 5.28 Å². The van der Waals surface area contributed by atoms with Gasteiger partial charge in [-0.2, -0.15) is 9.97 Å². The van der Waals surface area contributed by atoms with Crippen molar-refractivity contribution in [2.75, 3.05) is 26.1 Å². The molecule has 1 aromatic carbocycles. The van der Waals surface area contributed by atoms with Gasteiger partial charge in [-0.15, -0.1) is 13.2 Å². The van der Waals surface area contributed by atoms with Gasteiger partial charge in [0.15, 0.2) is 17.8 Å². The lowest BCUT2D eigenvalue weighted by Crippen LogP contribution is -2.53. The number of carboxylic acid groups (broad SMARTS) is 1. The fraction of sp³-hybridized carbons (Fsp3) is 0.435. The van der Waals surface area contributed by atoms with Crippen LogP contribution < -0.4 is 10.5 Å². The van der Waals surface area contributed by atoms with Gasteiger partial charge in [-0.25, -0.2) is 19.0 Å². The van der Waals surface area contributed by atoms with E-state index in [4.69, 9.17) is 31.5 Å². The molecule has 3 rings (SSSR count). The molecular weight excluding hydrogens is 570 g/mol. The first-order valence-corrected chi connectivity index (χ1v) is 11.9. The number of hydrogen-bond donors (Lipinski definition) is 2. The van der Waals surface area contributed by atoms with E-state index in [9.17, 15) is 27.9 Å². The summed E-state index contributed by atoms with van der Waals surface area (Å²) in [5, 5.41) is 9.78. The molecule has 218 valence electrons. The molecular formula is C23H24ClF4N5O7. The molecule has 0 aliphatic heterocycles. The second-order valence-corrected chi connectivity index (χ2v) is 8.60. The third-order valence-corrected chi connectivity index (χ3v) is 5.76. The van der Waals surface area contributed by atoms with Crippen molar-refractivity contribution in [3.05, 3.63) is 41.4 Å². The highest BCUT2D eigenvalue weighted by Gasteiger charge is 2.50. The van der Waals surface area contributed by atoms with E-state index < -0.39 is 61.5 Å². The van der Waals surface area contributed by atoms with Crippen molar-refractivity contribution in [2.45, 2.75) is 44.1 Å². The molecule has 2 aromatic heterocycles. The normalized spacial score (nSPS) is 14.9. The van der Waals surface area contributed by atoms with Gasteiger partial charge in [-0.3, -0.25) is 4.57 Å². The quantitative estimate of drug-likeness (QED) is 0.129. The molecule has 3 atom stereocenters. The van der Waals surface area contributed by atoms with E-state index in [2.05, 4.69) is 19.7 Å². The fourth-order valence-corrected chi connectivity index (χ4v) is 3.84. The van der Waals surface area contributed by atoms with Crippen molar-refractivity contribution < 1.29 is 51.2 Å². The van der Waals surface area contributed by atoms with Crippen LogP contribution >= 0.6 is 11.6 Å². The summed E-state index contributed by atoms with van der Waals surface area (Å²) in [6, 6.07) is 4.17. The van der Waals surface area contributed by atoms with E-state index in [1.165, 1.54) is 14.0 Å². The number of imidazole rings is 1. The Labute approximate surface area is 229 Å². The maximum Gasteiger partial charge on any atom is 0.573 e. The number of aliphatic carboxylic acids is 1. The Morgan fingerprint density at radius 3 is 2.45 bits per heavy atom. The van der Waals surface area contributed by atoms with Gasteiger partial charge in [-0.05, 0) is 36.2 Å². The zero-order valence-corrected chi connectivity index (χ0v) is 21.8. The van der Waals surface area contributed by atoms with Crippen molar-refractivity contribution in [1.29, 1.82) is 0 Å². The van der Waals surface area contributed by atoms with Crippen molar-refractivity contribution in [2.24, 2.45) is 0 Å². The number of nitrogens with zero attached hydrogens (tertiary/aromatic N) is 4. The van der Waals surface area contributed by atoms with E-state index in [-0.39, 0.29) is 34.4 Å². The number of fused-ring (bicyclic) bond motifs is 1. The molecule has 0 bridgehead atoms. The third-order valence-electron chi connectivity index (χ3n) is 5.59. The van der Waals surface area contributed by atoms with Crippen LogP contribution in [-0.4, -0.2) is 75.0 Å². The number of esters is 1. The number of ether oxygens (including phenoxy) is 4. The highest BCUT2D eigenvalue weighted by atomic mass is 35.5. The summed E-state index contributed by atoms with van der Waals surface area (Å²) in [5.74, 6) is -3.63. The number of benzene rings is 1. The average molecular weight is 594 g/mol. The van der Waals surface area contributed by atoms with Gasteiger partial charge in [0.05, 0.1) is 25.6 Å². The SMILES string of the molecule is CCOC(=O)C(Cc1ccc(OC(F)(F)F)cc1)(OCC(CC(F)n1cnc2c(N)nc(Cl)nc21)OC)C(=O)O. The van der Waals surface area contributed by atoms with E-state index in [1.807, 2.05) is 0 Å². The minimum absolute atomic E-state index is 0.00475. The first-order valence-electron chi connectivity index (χ1n) is 11.5. The van der Waals surface area contributed by atoms with E-state index in [0.29, 0.717) is 0 Å². The molecule has 0 saturated carbocycles. The highest BCUT2D eigenvalue weighted by molar-refractivity contribution is 6.28. The number of rotatable bonds is 13. The zero-order chi connectivity index (χ0) is 29.7. The molecule has 17 heteroatoms. The maximum absolute atomic E-state index is 15.3. The summed E-state index contributed by atoms with van der Waals surface area (Å²) in [5.41, 5.74) is 3.33. The number of anilines is 1. The smallest absolute Gasteiger partial charge is 0.479 e. The maximum atomic E-state index is 15.3. The summed E-state index contributed by atoms with van der Waals surface area (Å²) in [4.78, 5) is 36.8. The van der Waals surface area contributed by atoms with Crippen molar-refractivity contribution in [3.63, 3.8) is 0 Å². The lowest BCUT2D eigenvalue weighted by Gasteiger charge is -2.29. The summed E-state index contributed by atoms with van der Waals surface area (Å²) >= 11 is 5.81. The summed E-state index contributed by atoms with van der Waals surface area (Å²) in [7, 11) is 1.22. The topological polar surface area (TPSA) is 161 Å². The molecule has 0 saturated heterocycles. The monoisotopic (exact) mass is 593 g/mol. The lowest BCUT2D eigenvalue weighted by atomic mass is 9.94. The van der Waals surface area contributed by atoms with Crippen LogP contribution in [0, 0.1) is 0 Å². The Bertz CT molecular complexity index is 1340. The minimum atomic E-state index is -4.93. The van der Waals surface area contributed by atoms with Gasteiger partial charge in [-0.1, -0.05) is 12.1 Å². The number of aromatic nitrogens is 4. The van der Waals surface area contributed by atoms with Crippen LogP contribution in [0.4, 0.5) is 23.4 Å². The highest BCUT2D eigenvalue weighted by Crippen LogP contribution is 2.29. The molecule has 40 heavy (non-hydrogen) atoms. The molecule has 0 radical (unpaired) electrons. The summed E-state index contributed by atoms with van der Waals surface area (Å²) in [6.07, 6.45) is -7.78. The molecule has 12 nitrogen and oxygen atoms in total. The minimum Gasteiger partial charge on any atom is -0.479 e. The standard InChI is InChI=1S/C23H24ClF4N5O7/c1-3-38-20(36)22(19(34)35,9-12-4-6-13(7-5-12)40-23(26,27)28)39-10-14(37-2)8-15(25)33-11-30-16-17(29)31-21(24)32-18(16)33/h4-7,11,14-15H,3,8-10H2,1-2H3,(H,34,35)(H2,29,31,32). The number of carboxylic acids is 1. The van der Waals surface area contributed by atoms with Crippen molar-refractivity contribution in [1.82, 2.24) is 19.5 Å². The van der Waals surface area contributed by atoms with E-state index >= 15 is 4.39 Å². The molecule has 3 unspecified atom stereocenters. The number of carbonyl (C=O) groups is 2. The molecule has 2 heterocycles. The van der Waals surface area contributed by atoms with E-state index in [1.54, 1.807) is 0 Å². The Hall–Kier alpha value is -3.76. The number of nitrogens with two attached hydrogens (primary N) is 1. The molecule has 3 aromatic rings. The summed E-state index contributed by atoms with van der Waals surface area (Å²) < 4.78 is 73.3. The van der Waals surface area contributed by atoms with Crippen LogP contribution in [0.15, 0.2) is 30.6 Å². The predicted octanol–water partition coefficient (Wildman–Crippen LogP) is 3.48. The second kappa shape index (κ2) is 12.6. The number of alkyl halides is 4. The van der Waals surface area contributed by atoms with Gasteiger partial charge >= 0.3 is 18.3 Å². The third kappa shape index (κ3) is 7.25. The number of hydrogen-bond acceptors (Lipinski definition) is 10. The van der Waals surface area contributed by atoms with Crippen LogP contribution in [0.5, 0.6) is 5.75 Å². The van der Waals surface area contributed by atoms with Crippen LogP contribution in [0.25, 0.3) is 11.2 Å². The number of carbonyl (C=O) groups excluding carboxylic acids is 1. The van der Waals surface area contributed by atoms with Crippen molar-refractivity contribution in [3.8, 4) is 5.75 Å². The first-order chi connectivity index (χ1) is 18.8. The van der Waals surface area contributed by atoms with Gasteiger partial charge in [0.1, 0.15) is 11.3 Å². The lowest BCUT2D eigenvalue weighted by molar-refractivity contribution is -0.274. The zero-order valence-electron chi connectivity index (χ0n) is 21.0. The number of halogens is 5. The largest absolute Gasteiger partial charge is 0.573 e. The number of methoxy groups -OCH3 is 1. The van der Waals surface area contributed by atoms with Crippen LogP contribution in [0.1, 0.15) is 25.2 Å². The molecule has 0 fully saturated rings. The van der Waals surface area contributed by atoms with Gasteiger partial charge in [0, 0.05) is 20.0 Å². The van der Waals surface area contributed by atoms with Gasteiger partial charge in [0.25, 0.3) is 5.60 Å². The molecule has 0 amide bonds. The van der Waals surface area contributed by atoms with E-state index in [0.717, 1.165) is 35.2 Å². The van der Waals surface area contributed by atoms with Crippen LogP contribution in [-0.2, 0) is 30.2 Å².